The number of hydrogen-bond donors (Lipinski definition) is 2. The summed E-state index contributed by atoms with van der Waals surface area (Å²) in [4.78, 5) is 17.4. The number of nitrogens with two attached hydrogens (primary N) is 1. The average Bonchev–Trinajstić information content (AvgIpc) is 3.42. The molecule has 3 aromatic rings. The molecule has 0 spiro atoms. The van der Waals surface area contributed by atoms with Gasteiger partial charge in [-0.15, -0.1) is 11.3 Å². The van der Waals surface area contributed by atoms with Crippen LogP contribution in [0.3, 0.4) is 0 Å². The molecule has 2 aromatic carbocycles. The smallest absolute Gasteiger partial charge is 0.263 e. The van der Waals surface area contributed by atoms with E-state index in [2.05, 4.69) is 9.71 Å². The molecule has 4 rings (SSSR count). The van der Waals surface area contributed by atoms with Crippen molar-refractivity contribution in [2.75, 3.05) is 22.7 Å². The van der Waals surface area contributed by atoms with E-state index >= 15 is 0 Å². The molecule has 0 bridgehead atoms. The van der Waals surface area contributed by atoms with Crippen molar-refractivity contribution >= 4 is 61.3 Å². The lowest BCUT2D eigenvalue weighted by Crippen LogP contribution is -2.23. The minimum atomic E-state index is -3.64. The first-order chi connectivity index (χ1) is 15.3. The number of carbonyl (C=O) groups is 1. The lowest BCUT2D eigenvalue weighted by atomic mass is 10.1. The van der Waals surface area contributed by atoms with Gasteiger partial charge in [0.25, 0.3) is 10.0 Å². The highest BCUT2D eigenvalue weighted by Gasteiger charge is 2.22. The van der Waals surface area contributed by atoms with Crippen LogP contribution in [0, 0.1) is 0 Å². The predicted octanol–water partition coefficient (Wildman–Crippen LogP) is 5.06. The van der Waals surface area contributed by atoms with Gasteiger partial charge in [-0.05, 0) is 61.3 Å². The van der Waals surface area contributed by atoms with E-state index in [1.165, 1.54) is 29.7 Å². The highest BCUT2D eigenvalue weighted by molar-refractivity contribution is 7.93. The second-order valence-electron chi connectivity index (χ2n) is 6.86. The van der Waals surface area contributed by atoms with Gasteiger partial charge in [0.05, 0.1) is 4.90 Å². The van der Waals surface area contributed by atoms with Crippen LogP contribution < -0.4 is 15.4 Å². The number of halogens is 2. The molecule has 1 saturated heterocycles. The Morgan fingerprint density at radius 1 is 1.19 bits per heavy atom. The molecule has 1 amide bonds. The number of anilines is 2. The van der Waals surface area contributed by atoms with E-state index in [0.717, 1.165) is 24.1 Å². The molecule has 3 N–H and O–H groups in total. The van der Waals surface area contributed by atoms with Crippen molar-refractivity contribution in [2.45, 2.75) is 24.2 Å². The third kappa shape index (κ3) is 6.43. The van der Waals surface area contributed by atoms with Crippen molar-refractivity contribution in [3.8, 4) is 0 Å². The molecule has 0 aliphatic carbocycles. The van der Waals surface area contributed by atoms with Crippen LogP contribution in [0.4, 0.5) is 10.8 Å². The maximum Gasteiger partial charge on any atom is 0.263 e. The number of carbonyl (C=O) groups excluding carboxylic acids is 1. The highest BCUT2D eigenvalue weighted by Crippen LogP contribution is 2.24. The standard InChI is InChI=1S/C13H13N3O3S2.C8H9Cl2N.2H2/c17-12-2-1-8-16(12)10-3-5-11(6-4-10)21(18,19)15-13-14-7-9-20-13;9-7-2-1-6(3-4-11)8(10)5-7;;/h3-7,9H,1-2,8H2,(H,14,15);1-2,5H,3-4,11H2;2*1H. The van der Waals surface area contributed by atoms with Gasteiger partial charge in [0, 0.05) is 43.1 Å². The molecule has 0 unspecified atom stereocenters. The van der Waals surface area contributed by atoms with Gasteiger partial charge in [-0.1, -0.05) is 29.3 Å². The summed E-state index contributed by atoms with van der Waals surface area (Å²) < 4.78 is 26.8. The van der Waals surface area contributed by atoms with E-state index < -0.39 is 10.0 Å². The Bertz CT molecular complexity index is 1170. The fourth-order valence-corrected chi connectivity index (χ4v) is 5.35. The monoisotopic (exact) mass is 516 g/mol. The van der Waals surface area contributed by atoms with Gasteiger partial charge in [-0.3, -0.25) is 9.52 Å². The number of hydrogen-bond acceptors (Lipinski definition) is 6. The molecule has 1 aromatic heterocycles. The molecule has 1 aliphatic rings. The summed E-state index contributed by atoms with van der Waals surface area (Å²) in [6.45, 7) is 1.30. The van der Waals surface area contributed by atoms with Crippen LogP contribution in [-0.4, -0.2) is 32.4 Å². The number of benzene rings is 2. The van der Waals surface area contributed by atoms with Gasteiger partial charge < -0.3 is 10.6 Å². The topological polar surface area (TPSA) is 105 Å². The summed E-state index contributed by atoms with van der Waals surface area (Å²) in [6.07, 6.45) is 3.72. The zero-order valence-corrected chi connectivity index (χ0v) is 20.1. The Morgan fingerprint density at radius 3 is 2.50 bits per heavy atom. The van der Waals surface area contributed by atoms with Crippen LogP contribution in [-0.2, 0) is 21.2 Å². The fourth-order valence-electron chi connectivity index (χ4n) is 3.05. The Hall–Kier alpha value is -2.17. The SMILES string of the molecule is NCCc1ccc(Cl)cc1Cl.O=C1CCCN1c1ccc(S(=O)(=O)Nc2nccs2)cc1.[HH].[HH]. The first-order valence-electron chi connectivity index (χ1n) is 9.77. The molecule has 7 nitrogen and oxygen atoms in total. The van der Waals surface area contributed by atoms with Crippen molar-refractivity contribution in [3.63, 3.8) is 0 Å². The van der Waals surface area contributed by atoms with E-state index in [1.54, 1.807) is 28.5 Å². The number of amides is 1. The first-order valence-corrected chi connectivity index (χ1v) is 12.9. The van der Waals surface area contributed by atoms with Crippen molar-refractivity contribution in [1.82, 2.24) is 4.98 Å². The molecule has 11 heteroatoms. The molecule has 0 atom stereocenters. The van der Waals surface area contributed by atoms with Crippen LogP contribution in [0.15, 0.2) is 58.9 Å². The van der Waals surface area contributed by atoms with Gasteiger partial charge in [-0.2, -0.15) is 0 Å². The third-order valence-corrected chi connectivity index (χ3v) is 7.37. The largest absolute Gasteiger partial charge is 0.330 e. The summed E-state index contributed by atoms with van der Waals surface area (Å²) in [6, 6.07) is 11.7. The lowest BCUT2D eigenvalue weighted by Gasteiger charge is -2.16. The van der Waals surface area contributed by atoms with E-state index in [4.69, 9.17) is 28.9 Å². The van der Waals surface area contributed by atoms with Crippen LogP contribution in [0.1, 0.15) is 21.3 Å². The number of thiazole rings is 1. The van der Waals surface area contributed by atoms with E-state index in [-0.39, 0.29) is 13.7 Å². The average molecular weight is 518 g/mol. The van der Waals surface area contributed by atoms with E-state index in [1.807, 2.05) is 12.1 Å². The Kier molecular flexibility index (Phi) is 8.50. The summed E-state index contributed by atoms with van der Waals surface area (Å²) in [7, 11) is -3.64. The highest BCUT2D eigenvalue weighted by atomic mass is 35.5. The fraction of sp³-hybridized carbons (Fsp3) is 0.238. The van der Waals surface area contributed by atoms with E-state index in [0.29, 0.717) is 34.7 Å². The first kappa shape index (κ1) is 24.5. The molecule has 1 fully saturated rings. The second-order valence-corrected chi connectivity index (χ2v) is 10.3. The minimum Gasteiger partial charge on any atom is -0.330 e. The summed E-state index contributed by atoms with van der Waals surface area (Å²) >= 11 is 12.8. The molecule has 2 heterocycles. The molecule has 1 aliphatic heterocycles. The summed E-state index contributed by atoms with van der Waals surface area (Å²) in [5.74, 6) is 0.0755. The maximum atomic E-state index is 12.2. The molecule has 0 radical (unpaired) electrons. The van der Waals surface area contributed by atoms with Gasteiger partial charge in [0.2, 0.25) is 5.91 Å². The third-order valence-electron chi connectivity index (χ3n) is 4.61. The minimum absolute atomic E-state index is 0. The Morgan fingerprint density at radius 2 is 1.94 bits per heavy atom. The number of rotatable bonds is 6. The van der Waals surface area contributed by atoms with Crippen LogP contribution in [0.25, 0.3) is 0 Å². The number of aromatic nitrogens is 1. The molecule has 32 heavy (non-hydrogen) atoms. The lowest BCUT2D eigenvalue weighted by molar-refractivity contribution is -0.117. The van der Waals surface area contributed by atoms with Crippen LogP contribution >= 0.6 is 34.5 Å². The normalized spacial score (nSPS) is 13.6. The van der Waals surface area contributed by atoms with Gasteiger partial charge in [-0.25, -0.2) is 13.4 Å². The van der Waals surface area contributed by atoms with Crippen LogP contribution in [0.5, 0.6) is 0 Å². The van der Waals surface area contributed by atoms with Gasteiger partial charge in [0.1, 0.15) is 0 Å². The number of nitrogens with zero attached hydrogens (tertiary/aromatic N) is 2. The Labute approximate surface area is 204 Å². The summed E-state index contributed by atoms with van der Waals surface area (Å²) in [5, 5.41) is 3.38. The Balaban J connectivity index is 0.000000382. The second kappa shape index (κ2) is 11.1. The maximum absolute atomic E-state index is 12.2. The van der Waals surface area contributed by atoms with Crippen LogP contribution in [0.2, 0.25) is 10.0 Å². The zero-order chi connectivity index (χ0) is 23.1. The van der Waals surface area contributed by atoms with Crippen molar-refractivity contribution in [3.05, 3.63) is 69.7 Å². The predicted molar refractivity (Wildman–Crippen MR) is 134 cm³/mol. The van der Waals surface area contributed by atoms with E-state index in [9.17, 15) is 13.2 Å². The molecular formula is C21H26Cl2N4O3S2. The number of sulfonamides is 1. The van der Waals surface area contributed by atoms with Crippen molar-refractivity contribution < 1.29 is 16.1 Å². The quantitative estimate of drug-likeness (QED) is 0.476. The van der Waals surface area contributed by atoms with Gasteiger partial charge in [0.15, 0.2) is 5.13 Å². The van der Waals surface area contributed by atoms with Crippen molar-refractivity contribution in [2.24, 2.45) is 5.73 Å². The van der Waals surface area contributed by atoms with Crippen molar-refractivity contribution in [1.29, 1.82) is 0 Å². The molecule has 0 saturated carbocycles. The number of nitrogens with one attached hydrogen (secondary N) is 1. The summed E-state index contributed by atoms with van der Waals surface area (Å²) in [5.41, 5.74) is 7.16. The van der Waals surface area contributed by atoms with Gasteiger partial charge >= 0.3 is 0 Å². The zero-order valence-electron chi connectivity index (χ0n) is 17.0. The molecular weight excluding hydrogens is 491 g/mol. The molecule has 174 valence electrons.